The van der Waals surface area contributed by atoms with Gasteiger partial charge in [-0.15, -0.1) is 0 Å². The molecule has 2 aromatic carbocycles. The Bertz CT molecular complexity index is 1400. The molecule has 2 amide bonds. The zero-order valence-corrected chi connectivity index (χ0v) is 26.0. The average Bonchev–Trinajstić information content (AvgIpc) is 2.96. The number of aromatic hydroxyl groups is 1. The molecule has 0 unspecified atom stereocenters. The van der Waals surface area contributed by atoms with Crippen LogP contribution in [0.4, 0.5) is 0 Å². The van der Waals surface area contributed by atoms with Gasteiger partial charge in [0.25, 0.3) is 0 Å². The van der Waals surface area contributed by atoms with Gasteiger partial charge in [0.15, 0.2) is 0 Å². The molecule has 0 radical (unpaired) electrons. The van der Waals surface area contributed by atoms with Crippen molar-refractivity contribution in [2.24, 2.45) is 22.7 Å². The highest BCUT2D eigenvalue weighted by Gasteiger charge is 2.58. The van der Waals surface area contributed by atoms with Gasteiger partial charge in [0.1, 0.15) is 5.75 Å². The van der Waals surface area contributed by atoms with Gasteiger partial charge >= 0.3 is 0 Å². The number of carbonyl (C=O) groups excluding carboxylic acids is 2. The molecule has 5 heteroatoms. The summed E-state index contributed by atoms with van der Waals surface area (Å²) in [6.45, 7) is 9.01. The highest BCUT2D eigenvalue weighted by atomic mass is 16.3. The first-order chi connectivity index (χ1) is 20.0. The highest BCUT2D eigenvalue weighted by Crippen LogP contribution is 2.59. The number of phenols is 1. The molecular weight excluding hydrogens is 522 g/mol. The van der Waals surface area contributed by atoms with Crippen LogP contribution in [-0.4, -0.2) is 28.6 Å². The van der Waals surface area contributed by atoms with E-state index in [4.69, 9.17) is 0 Å². The molecule has 0 bridgehead atoms. The van der Waals surface area contributed by atoms with Crippen LogP contribution < -0.4 is 5.32 Å². The second-order valence-corrected chi connectivity index (χ2v) is 15.0. The van der Waals surface area contributed by atoms with E-state index in [0.29, 0.717) is 0 Å². The Labute approximate surface area is 251 Å². The molecule has 0 heterocycles. The molecule has 5 nitrogen and oxygen atoms in total. The number of fused-ring (bicyclic) bond motifs is 6. The second-order valence-electron chi connectivity index (χ2n) is 15.0. The van der Waals surface area contributed by atoms with Gasteiger partial charge in [0.2, 0.25) is 11.8 Å². The van der Waals surface area contributed by atoms with Crippen molar-refractivity contribution in [3.8, 4) is 5.75 Å². The van der Waals surface area contributed by atoms with E-state index in [0.717, 1.165) is 77.0 Å². The normalized spacial score (nSPS) is 35.3. The predicted molar refractivity (Wildman–Crippen MR) is 165 cm³/mol. The number of aliphatic hydroxyl groups excluding tert-OH is 1. The van der Waals surface area contributed by atoms with E-state index in [1.807, 2.05) is 12.1 Å². The lowest BCUT2D eigenvalue weighted by molar-refractivity contribution is -0.150. The lowest BCUT2D eigenvalue weighted by atomic mass is 9.49. The topological polar surface area (TPSA) is 86.6 Å². The number of rotatable bonds is 5. The molecule has 2 saturated carbocycles. The molecule has 6 rings (SSSR count). The van der Waals surface area contributed by atoms with Crippen LogP contribution in [0, 0.1) is 22.7 Å². The van der Waals surface area contributed by atoms with E-state index in [2.05, 4.69) is 51.2 Å². The summed E-state index contributed by atoms with van der Waals surface area (Å²) in [4.78, 5) is 28.6. The van der Waals surface area contributed by atoms with Gasteiger partial charge in [-0.1, -0.05) is 64.8 Å². The smallest absolute Gasteiger partial charge is 0.232 e. The van der Waals surface area contributed by atoms with Crippen LogP contribution in [0.15, 0.2) is 36.4 Å². The molecule has 3 N–H and O–H groups in total. The molecule has 4 aliphatic rings. The quantitative estimate of drug-likeness (QED) is 0.350. The number of aryl methyl sites for hydroxylation is 3. The lowest BCUT2D eigenvalue weighted by Gasteiger charge is -2.56. The number of imide groups is 1. The fraction of sp³-hybridized carbons (Fsp3) is 0.622. The Morgan fingerprint density at radius 3 is 1.86 bits per heavy atom. The summed E-state index contributed by atoms with van der Waals surface area (Å²) in [6.07, 6.45) is 10.8. The maximum atomic E-state index is 14.3. The summed E-state index contributed by atoms with van der Waals surface area (Å²) < 4.78 is 0. The number of aliphatic hydroxyl groups is 1. The summed E-state index contributed by atoms with van der Waals surface area (Å²) in [5.41, 5.74) is 4.91. The monoisotopic (exact) mass is 571 g/mol. The fourth-order valence-electron chi connectivity index (χ4n) is 10.3. The molecule has 2 fully saturated rings. The maximum Gasteiger partial charge on any atom is 0.232 e. The zero-order valence-electron chi connectivity index (χ0n) is 26.0. The molecule has 0 spiro atoms. The molecule has 2 aromatic rings. The third-order valence-corrected chi connectivity index (χ3v) is 12.7. The van der Waals surface area contributed by atoms with E-state index in [-0.39, 0.29) is 46.8 Å². The van der Waals surface area contributed by atoms with Crippen molar-refractivity contribution in [2.75, 3.05) is 6.61 Å². The summed E-state index contributed by atoms with van der Waals surface area (Å²) in [7, 11) is 0. The Morgan fingerprint density at radius 2 is 1.31 bits per heavy atom. The van der Waals surface area contributed by atoms with E-state index in [1.54, 1.807) is 6.07 Å². The Morgan fingerprint density at radius 1 is 0.786 bits per heavy atom. The first-order valence-electron chi connectivity index (χ1n) is 16.4. The number of carbonyl (C=O) groups is 2. The van der Waals surface area contributed by atoms with Crippen LogP contribution in [0.3, 0.4) is 0 Å². The van der Waals surface area contributed by atoms with Crippen molar-refractivity contribution in [1.29, 1.82) is 0 Å². The van der Waals surface area contributed by atoms with Gasteiger partial charge in [-0.25, -0.2) is 0 Å². The Hall–Kier alpha value is -2.66. The van der Waals surface area contributed by atoms with Crippen LogP contribution in [0.1, 0.15) is 113 Å². The summed E-state index contributed by atoms with van der Waals surface area (Å²) in [5.74, 6) is 0.365. The molecule has 4 aliphatic carbocycles. The number of benzene rings is 2. The molecule has 226 valence electrons. The van der Waals surface area contributed by atoms with Crippen LogP contribution >= 0.6 is 0 Å². The van der Waals surface area contributed by atoms with Crippen molar-refractivity contribution in [1.82, 2.24) is 5.32 Å². The van der Waals surface area contributed by atoms with E-state index in [1.165, 1.54) is 27.8 Å². The molecule has 6 atom stereocenters. The molecule has 42 heavy (non-hydrogen) atoms. The fourth-order valence-corrected chi connectivity index (χ4v) is 10.3. The third-order valence-electron chi connectivity index (χ3n) is 12.7. The number of phenolic OH excluding ortho intramolecular Hbond substituents is 1. The van der Waals surface area contributed by atoms with Crippen LogP contribution in [0.2, 0.25) is 0 Å². The predicted octanol–water partition coefficient (Wildman–Crippen LogP) is 6.68. The lowest BCUT2D eigenvalue weighted by Crippen LogP contribution is -2.60. The van der Waals surface area contributed by atoms with Gasteiger partial charge in [-0.05, 0) is 127 Å². The SMILES string of the molecule is C[C@@]12CCC[C@](C)(C(=O)NC(=O)[C@@]3(C)CCC[C@]4(C)c5cc(CCCO)ccc5CC[C@@H]34)[C@H]1CCc1ccc(O)cc12. The number of hydrogen-bond acceptors (Lipinski definition) is 4. The van der Waals surface area contributed by atoms with Gasteiger partial charge in [0, 0.05) is 6.61 Å². The van der Waals surface area contributed by atoms with Gasteiger partial charge in [-0.2, -0.15) is 0 Å². The molecular formula is C37H49NO4. The van der Waals surface area contributed by atoms with Crippen LogP contribution in [0.25, 0.3) is 0 Å². The summed E-state index contributed by atoms with van der Waals surface area (Å²) in [6, 6.07) is 12.5. The molecule has 0 aliphatic heterocycles. The first-order valence-corrected chi connectivity index (χ1v) is 16.4. The Balaban J connectivity index is 1.26. The first kappa shape index (κ1) is 29.4. The summed E-state index contributed by atoms with van der Waals surface area (Å²) in [5, 5.41) is 22.7. The Kier molecular flexibility index (Phi) is 7.36. The average molecular weight is 572 g/mol. The molecule has 0 saturated heterocycles. The minimum Gasteiger partial charge on any atom is -0.508 e. The van der Waals surface area contributed by atoms with Gasteiger partial charge in [-0.3, -0.25) is 14.9 Å². The standard InChI is InChI=1S/C37H49NO4/c1-34-17-6-19-36(3,30(34)15-12-25-10-9-24(8-5-21-39)22-28(25)34)32(41)38-33(42)37(4)20-7-18-35(2)29-23-27(40)14-11-26(29)13-16-31(35)37/h9-11,14,22-23,30-31,39-40H,5-8,12-13,15-21H2,1-4H3,(H,38,41,42)/t30-,31+,34-,35+,36+,37+/m1/s1. The minimum absolute atomic E-state index is 0.0920. The zero-order chi connectivity index (χ0) is 29.9. The van der Waals surface area contributed by atoms with Gasteiger partial charge in [0.05, 0.1) is 10.8 Å². The highest BCUT2D eigenvalue weighted by molar-refractivity contribution is 6.00. The van der Waals surface area contributed by atoms with E-state index in [9.17, 15) is 19.8 Å². The van der Waals surface area contributed by atoms with Crippen molar-refractivity contribution in [2.45, 2.75) is 116 Å². The van der Waals surface area contributed by atoms with Crippen LogP contribution in [-0.2, 0) is 39.7 Å². The minimum atomic E-state index is -0.638. The number of hydrogen-bond donors (Lipinski definition) is 3. The van der Waals surface area contributed by atoms with Crippen molar-refractivity contribution in [3.63, 3.8) is 0 Å². The number of amides is 2. The van der Waals surface area contributed by atoms with Crippen molar-refractivity contribution < 1.29 is 19.8 Å². The summed E-state index contributed by atoms with van der Waals surface area (Å²) >= 11 is 0. The van der Waals surface area contributed by atoms with E-state index < -0.39 is 10.8 Å². The number of nitrogens with one attached hydrogen (secondary N) is 1. The third kappa shape index (κ3) is 4.44. The van der Waals surface area contributed by atoms with Gasteiger partial charge < -0.3 is 10.2 Å². The molecule has 0 aromatic heterocycles. The second kappa shape index (κ2) is 10.5. The van der Waals surface area contributed by atoms with Crippen molar-refractivity contribution >= 4 is 11.8 Å². The van der Waals surface area contributed by atoms with Crippen LogP contribution in [0.5, 0.6) is 5.75 Å². The van der Waals surface area contributed by atoms with Crippen molar-refractivity contribution in [3.05, 3.63) is 64.2 Å². The maximum absolute atomic E-state index is 14.3. The largest absolute Gasteiger partial charge is 0.508 e. The van der Waals surface area contributed by atoms with E-state index >= 15 is 0 Å².